The molecule has 1 heterocycles. The molecule has 2 rings (SSSR count). The molecule has 5 heteroatoms. The van der Waals surface area contributed by atoms with Crippen LogP contribution in [0.1, 0.15) is 36.8 Å². The van der Waals surface area contributed by atoms with E-state index in [0.29, 0.717) is 5.56 Å². The minimum absolute atomic E-state index is 0.0634. The first-order valence-electron chi connectivity index (χ1n) is 7.52. The molecule has 0 bridgehead atoms. The number of aliphatic hydroxyl groups is 1. The summed E-state index contributed by atoms with van der Waals surface area (Å²) < 4.78 is 5.42. The summed E-state index contributed by atoms with van der Waals surface area (Å²) in [5, 5.41) is 17.2. The lowest BCUT2D eigenvalue weighted by molar-refractivity contribution is 0.117. The van der Waals surface area contributed by atoms with Gasteiger partial charge in [0.15, 0.2) is 0 Å². The molecule has 1 unspecified atom stereocenters. The Morgan fingerprint density at radius 1 is 1.43 bits per heavy atom. The van der Waals surface area contributed by atoms with E-state index < -0.39 is 0 Å². The first kappa shape index (κ1) is 15.8. The van der Waals surface area contributed by atoms with E-state index in [-0.39, 0.29) is 18.5 Å². The van der Waals surface area contributed by atoms with Crippen LogP contribution in [0, 0.1) is 5.41 Å². The number of benzene rings is 1. The summed E-state index contributed by atoms with van der Waals surface area (Å²) in [6, 6.07) is 5.78. The molecule has 0 aromatic heterocycles. The number of nitrogen functional groups attached to an aromatic ring is 1. The number of rotatable bonds is 5. The molecule has 1 aliphatic heterocycles. The Labute approximate surface area is 126 Å². The Morgan fingerprint density at radius 3 is 2.90 bits per heavy atom. The molecule has 0 amide bonds. The molecule has 4 N–H and O–H groups in total. The fourth-order valence-corrected chi connectivity index (χ4v) is 2.94. The summed E-state index contributed by atoms with van der Waals surface area (Å²) in [6.45, 7) is 1.89. The Hall–Kier alpha value is -1.59. The number of nitrogens with two attached hydrogens (primary N) is 1. The molecule has 1 aromatic rings. The average molecular weight is 291 g/mol. The molecule has 0 saturated carbocycles. The van der Waals surface area contributed by atoms with Crippen LogP contribution >= 0.6 is 0 Å². The van der Waals surface area contributed by atoms with E-state index in [0.717, 1.165) is 37.2 Å². The summed E-state index contributed by atoms with van der Waals surface area (Å²) in [7, 11) is 1.65. The van der Waals surface area contributed by atoms with Crippen LogP contribution in [0.15, 0.2) is 18.2 Å². The molecule has 0 radical (unpaired) electrons. The van der Waals surface area contributed by atoms with E-state index in [9.17, 15) is 5.11 Å². The van der Waals surface area contributed by atoms with Crippen molar-refractivity contribution in [2.24, 2.45) is 5.73 Å². The second-order valence-corrected chi connectivity index (χ2v) is 5.60. The van der Waals surface area contributed by atoms with Gasteiger partial charge in [0.1, 0.15) is 11.6 Å². The van der Waals surface area contributed by atoms with E-state index >= 15 is 0 Å². The maximum atomic E-state index is 9.61. The third-order valence-electron chi connectivity index (χ3n) is 4.17. The molecule has 1 fully saturated rings. The Morgan fingerprint density at radius 2 is 2.24 bits per heavy atom. The van der Waals surface area contributed by atoms with Gasteiger partial charge in [0.25, 0.3) is 0 Å². The molecular formula is C16H25N3O2. The lowest BCUT2D eigenvalue weighted by atomic mass is 10.1. The quantitative estimate of drug-likeness (QED) is 0.570. The van der Waals surface area contributed by atoms with E-state index in [2.05, 4.69) is 4.90 Å². The van der Waals surface area contributed by atoms with E-state index in [1.807, 2.05) is 12.1 Å². The fourth-order valence-electron chi connectivity index (χ4n) is 2.94. The maximum absolute atomic E-state index is 9.61. The van der Waals surface area contributed by atoms with Gasteiger partial charge in [0.05, 0.1) is 13.7 Å². The second-order valence-electron chi connectivity index (χ2n) is 5.60. The number of amidine groups is 1. The molecule has 0 aliphatic carbocycles. The van der Waals surface area contributed by atoms with Crippen LogP contribution in [0.3, 0.4) is 0 Å². The van der Waals surface area contributed by atoms with Gasteiger partial charge >= 0.3 is 0 Å². The number of nitrogens with one attached hydrogen (secondary N) is 1. The number of nitrogens with zero attached hydrogens (tertiary/aromatic N) is 1. The SMILES string of the molecule is COc1ccc(C(=N)N)cc1CN1CCCCCC1CO. The van der Waals surface area contributed by atoms with Gasteiger partial charge in [-0.3, -0.25) is 10.3 Å². The zero-order valence-electron chi connectivity index (χ0n) is 12.6. The number of hydrogen-bond donors (Lipinski definition) is 3. The highest BCUT2D eigenvalue weighted by atomic mass is 16.5. The number of ether oxygens (including phenoxy) is 1. The zero-order valence-corrected chi connectivity index (χ0v) is 12.6. The van der Waals surface area contributed by atoms with Gasteiger partial charge in [-0.1, -0.05) is 12.8 Å². The third-order valence-corrected chi connectivity index (χ3v) is 4.17. The normalized spacial score (nSPS) is 20.0. The third kappa shape index (κ3) is 3.95. The van der Waals surface area contributed by atoms with Crippen LogP contribution in [0.25, 0.3) is 0 Å². The molecule has 5 nitrogen and oxygen atoms in total. The topological polar surface area (TPSA) is 82.6 Å². The summed E-state index contributed by atoms with van der Waals surface area (Å²) in [6.07, 6.45) is 4.58. The van der Waals surface area contributed by atoms with Crippen molar-refractivity contribution in [3.05, 3.63) is 29.3 Å². The van der Waals surface area contributed by atoms with Gasteiger partial charge in [-0.05, 0) is 37.6 Å². The van der Waals surface area contributed by atoms with Gasteiger partial charge in [0.2, 0.25) is 0 Å². The zero-order chi connectivity index (χ0) is 15.2. The molecule has 21 heavy (non-hydrogen) atoms. The van der Waals surface area contributed by atoms with Crippen LogP contribution in [-0.4, -0.2) is 42.1 Å². The minimum Gasteiger partial charge on any atom is -0.496 e. The Bertz CT molecular complexity index is 490. The predicted molar refractivity (Wildman–Crippen MR) is 83.8 cm³/mol. The van der Waals surface area contributed by atoms with Crippen molar-refractivity contribution in [1.29, 1.82) is 5.41 Å². The lowest BCUT2D eigenvalue weighted by Gasteiger charge is -2.29. The van der Waals surface area contributed by atoms with Crippen LogP contribution in [0.5, 0.6) is 5.75 Å². The standard InChI is InChI=1S/C16H25N3O2/c1-21-15-7-6-12(16(17)18)9-13(15)10-19-8-4-2-3-5-14(19)11-20/h6-7,9,14,20H,2-5,8,10-11H2,1H3,(H3,17,18). The molecule has 1 atom stereocenters. The van der Waals surface area contributed by atoms with Crippen molar-refractivity contribution in [3.63, 3.8) is 0 Å². The van der Waals surface area contributed by atoms with Gasteiger partial charge in [-0.2, -0.15) is 0 Å². The second kappa shape index (κ2) is 7.43. The summed E-state index contributed by atoms with van der Waals surface area (Å²) in [4.78, 5) is 2.31. The van der Waals surface area contributed by atoms with Crippen molar-refractivity contribution >= 4 is 5.84 Å². The highest BCUT2D eigenvalue weighted by Gasteiger charge is 2.21. The van der Waals surface area contributed by atoms with Crippen molar-refractivity contribution in [2.75, 3.05) is 20.3 Å². The fraction of sp³-hybridized carbons (Fsp3) is 0.562. The Kier molecular flexibility index (Phi) is 5.59. The molecule has 116 valence electrons. The summed E-state index contributed by atoms with van der Waals surface area (Å²) >= 11 is 0. The Balaban J connectivity index is 2.23. The van der Waals surface area contributed by atoms with Crippen molar-refractivity contribution in [1.82, 2.24) is 4.90 Å². The highest BCUT2D eigenvalue weighted by molar-refractivity contribution is 5.95. The van der Waals surface area contributed by atoms with Crippen LogP contribution in [0.2, 0.25) is 0 Å². The molecular weight excluding hydrogens is 266 g/mol. The number of hydrogen-bond acceptors (Lipinski definition) is 4. The average Bonchev–Trinajstić information content (AvgIpc) is 2.72. The van der Waals surface area contributed by atoms with Crippen molar-refractivity contribution < 1.29 is 9.84 Å². The molecule has 0 spiro atoms. The summed E-state index contributed by atoms with van der Waals surface area (Å²) in [5.41, 5.74) is 7.30. The smallest absolute Gasteiger partial charge is 0.123 e. The van der Waals surface area contributed by atoms with Crippen molar-refractivity contribution in [3.8, 4) is 5.75 Å². The number of likely N-dealkylation sites (tertiary alicyclic amines) is 1. The van der Waals surface area contributed by atoms with Gasteiger partial charge in [-0.25, -0.2) is 0 Å². The van der Waals surface area contributed by atoms with Crippen molar-refractivity contribution in [2.45, 2.75) is 38.3 Å². The minimum atomic E-state index is 0.0634. The lowest BCUT2D eigenvalue weighted by Crippen LogP contribution is -2.37. The highest BCUT2D eigenvalue weighted by Crippen LogP contribution is 2.25. The first-order valence-corrected chi connectivity index (χ1v) is 7.52. The molecule has 1 aliphatic rings. The van der Waals surface area contributed by atoms with Crippen LogP contribution in [0.4, 0.5) is 0 Å². The predicted octanol–water partition coefficient (Wildman–Crippen LogP) is 1.72. The van der Waals surface area contributed by atoms with Gasteiger partial charge in [-0.15, -0.1) is 0 Å². The van der Waals surface area contributed by atoms with Crippen LogP contribution < -0.4 is 10.5 Å². The van der Waals surface area contributed by atoms with Crippen LogP contribution in [-0.2, 0) is 6.54 Å². The number of aliphatic hydroxyl groups excluding tert-OH is 1. The monoisotopic (exact) mass is 291 g/mol. The van der Waals surface area contributed by atoms with E-state index in [4.69, 9.17) is 15.9 Å². The maximum Gasteiger partial charge on any atom is 0.123 e. The van der Waals surface area contributed by atoms with E-state index in [1.54, 1.807) is 13.2 Å². The summed E-state index contributed by atoms with van der Waals surface area (Å²) in [5.74, 6) is 0.870. The largest absolute Gasteiger partial charge is 0.496 e. The van der Waals surface area contributed by atoms with Gasteiger partial charge < -0.3 is 15.6 Å². The number of methoxy groups -OCH3 is 1. The molecule has 1 aromatic carbocycles. The van der Waals surface area contributed by atoms with E-state index in [1.165, 1.54) is 12.8 Å². The molecule has 1 saturated heterocycles. The van der Waals surface area contributed by atoms with Gasteiger partial charge in [0, 0.05) is 23.7 Å². The first-order chi connectivity index (χ1) is 10.2.